The van der Waals surface area contributed by atoms with Crippen LogP contribution in [0.5, 0.6) is 0 Å². The molecule has 4 N–H and O–H groups in total. The van der Waals surface area contributed by atoms with E-state index in [1.54, 1.807) is 6.07 Å². The number of halogens is 1. The molecule has 1 rings (SSSR count). The molecule has 1 aromatic heterocycles. The third kappa shape index (κ3) is 3.12. The Balaban J connectivity index is 2.72. The second-order valence-corrected chi connectivity index (χ2v) is 3.70. The number of aromatic nitrogens is 1. The fraction of sp³-hybridized carbons (Fsp3) is 0.143. The molecule has 0 spiro atoms. The highest BCUT2D eigenvalue weighted by atomic mass is 35.5. The van der Waals surface area contributed by atoms with Gasteiger partial charge in [0.2, 0.25) is 5.91 Å². The Labute approximate surface area is 84.6 Å². The molecule has 70 valence electrons. The maximum atomic E-state index is 10.5. The fourth-order valence-corrected chi connectivity index (χ4v) is 1.50. The smallest absolute Gasteiger partial charge is 0.227 e. The quantitative estimate of drug-likeness (QED) is 0.737. The molecule has 0 fully saturated rings. The molecule has 0 atom stereocenters. The van der Waals surface area contributed by atoms with Crippen LogP contribution in [0.2, 0.25) is 5.02 Å². The van der Waals surface area contributed by atoms with Crippen molar-refractivity contribution in [1.82, 2.24) is 4.98 Å². The second kappa shape index (κ2) is 4.34. The summed E-state index contributed by atoms with van der Waals surface area (Å²) in [5.41, 5.74) is 11.0. The number of carbonyl (C=O) groups excluding carboxylic acids is 1. The van der Waals surface area contributed by atoms with Crippen LogP contribution in [-0.2, 0) is 4.79 Å². The zero-order valence-corrected chi connectivity index (χ0v) is 8.23. The number of carbonyl (C=O) groups is 1. The van der Waals surface area contributed by atoms with Crippen LogP contribution in [0.1, 0.15) is 0 Å². The van der Waals surface area contributed by atoms with Crippen molar-refractivity contribution in [1.29, 1.82) is 0 Å². The highest BCUT2D eigenvalue weighted by Crippen LogP contribution is 2.24. The number of pyridine rings is 1. The highest BCUT2D eigenvalue weighted by Gasteiger charge is 2.04. The predicted octanol–water partition coefficient (Wildman–Crippen LogP) is 0.895. The van der Waals surface area contributed by atoms with E-state index in [0.717, 1.165) is 0 Å². The minimum absolute atomic E-state index is 0.166. The molecule has 0 bridgehead atoms. The SMILES string of the molecule is NC(=O)CSc1ncc(Cl)cc1N. The summed E-state index contributed by atoms with van der Waals surface area (Å²) >= 11 is 6.83. The van der Waals surface area contributed by atoms with Crippen molar-refractivity contribution < 1.29 is 4.79 Å². The number of rotatable bonds is 3. The largest absolute Gasteiger partial charge is 0.396 e. The van der Waals surface area contributed by atoms with Gasteiger partial charge in [0, 0.05) is 6.20 Å². The van der Waals surface area contributed by atoms with Gasteiger partial charge in [-0.15, -0.1) is 0 Å². The van der Waals surface area contributed by atoms with E-state index in [1.165, 1.54) is 18.0 Å². The van der Waals surface area contributed by atoms with E-state index in [0.29, 0.717) is 15.7 Å². The molecule has 0 aliphatic carbocycles. The third-order valence-corrected chi connectivity index (χ3v) is 2.45. The van der Waals surface area contributed by atoms with Gasteiger partial charge in [0.05, 0.1) is 16.5 Å². The first-order valence-corrected chi connectivity index (χ1v) is 4.78. The molecule has 0 aliphatic rings. The van der Waals surface area contributed by atoms with E-state index in [9.17, 15) is 4.79 Å². The Morgan fingerprint density at radius 2 is 2.38 bits per heavy atom. The van der Waals surface area contributed by atoms with Gasteiger partial charge in [-0.05, 0) is 6.07 Å². The van der Waals surface area contributed by atoms with Crippen LogP contribution in [0.15, 0.2) is 17.3 Å². The molecule has 1 heterocycles. The summed E-state index contributed by atoms with van der Waals surface area (Å²) in [6, 6.07) is 1.58. The van der Waals surface area contributed by atoms with Gasteiger partial charge in [0.15, 0.2) is 0 Å². The number of primary amides is 1. The van der Waals surface area contributed by atoms with E-state index in [1.807, 2.05) is 0 Å². The first kappa shape index (κ1) is 10.1. The van der Waals surface area contributed by atoms with Crippen LogP contribution < -0.4 is 11.5 Å². The number of amides is 1. The number of thioether (sulfide) groups is 1. The van der Waals surface area contributed by atoms with Crippen molar-refractivity contribution in [3.8, 4) is 0 Å². The van der Waals surface area contributed by atoms with Gasteiger partial charge in [-0.25, -0.2) is 4.98 Å². The maximum Gasteiger partial charge on any atom is 0.227 e. The van der Waals surface area contributed by atoms with Crippen LogP contribution in [0.25, 0.3) is 0 Å². The van der Waals surface area contributed by atoms with Gasteiger partial charge < -0.3 is 11.5 Å². The molecular formula is C7H8ClN3OS. The standard InChI is InChI=1S/C7H8ClN3OS/c8-4-1-5(9)7(11-2-4)13-3-6(10)12/h1-2H,3,9H2,(H2,10,12). The first-order chi connectivity index (χ1) is 6.09. The number of nitrogen functional groups attached to an aromatic ring is 1. The van der Waals surface area contributed by atoms with Gasteiger partial charge in [0.1, 0.15) is 5.03 Å². The predicted molar refractivity (Wildman–Crippen MR) is 53.6 cm³/mol. The molecule has 4 nitrogen and oxygen atoms in total. The van der Waals surface area contributed by atoms with Crippen molar-refractivity contribution in [2.24, 2.45) is 5.73 Å². The Morgan fingerprint density at radius 3 is 2.92 bits per heavy atom. The Bertz CT molecular complexity index is 332. The lowest BCUT2D eigenvalue weighted by atomic mass is 10.4. The van der Waals surface area contributed by atoms with Gasteiger partial charge in [-0.1, -0.05) is 23.4 Å². The topological polar surface area (TPSA) is 82.0 Å². The Hall–Kier alpha value is -0.940. The van der Waals surface area contributed by atoms with Gasteiger partial charge in [-0.3, -0.25) is 4.79 Å². The molecular weight excluding hydrogens is 210 g/mol. The van der Waals surface area contributed by atoms with Gasteiger partial charge in [0.25, 0.3) is 0 Å². The normalized spacial score (nSPS) is 9.92. The summed E-state index contributed by atoms with van der Waals surface area (Å²) in [6.07, 6.45) is 1.47. The highest BCUT2D eigenvalue weighted by molar-refractivity contribution is 8.00. The van der Waals surface area contributed by atoms with Gasteiger partial charge >= 0.3 is 0 Å². The van der Waals surface area contributed by atoms with Gasteiger partial charge in [-0.2, -0.15) is 0 Å². The lowest BCUT2D eigenvalue weighted by Gasteiger charge is -2.02. The van der Waals surface area contributed by atoms with E-state index in [4.69, 9.17) is 23.1 Å². The fourth-order valence-electron chi connectivity index (χ4n) is 0.702. The van der Waals surface area contributed by atoms with Crippen LogP contribution in [0, 0.1) is 0 Å². The van der Waals surface area contributed by atoms with Crippen molar-refractivity contribution in [3.63, 3.8) is 0 Å². The minimum atomic E-state index is -0.402. The molecule has 6 heteroatoms. The Kier molecular flexibility index (Phi) is 3.39. The summed E-state index contributed by atoms with van der Waals surface area (Å²) in [4.78, 5) is 14.4. The summed E-state index contributed by atoms with van der Waals surface area (Å²) in [5.74, 6) is -0.236. The number of nitrogens with two attached hydrogens (primary N) is 2. The van der Waals surface area contributed by atoms with Crippen LogP contribution in [-0.4, -0.2) is 16.6 Å². The summed E-state index contributed by atoms with van der Waals surface area (Å²) in [7, 11) is 0. The second-order valence-electron chi connectivity index (χ2n) is 2.30. The third-order valence-electron chi connectivity index (χ3n) is 1.20. The van der Waals surface area contributed by atoms with Crippen molar-refractivity contribution in [2.75, 3.05) is 11.5 Å². The molecule has 0 saturated carbocycles. The van der Waals surface area contributed by atoms with Crippen LogP contribution in [0.4, 0.5) is 5.69 Å². The zero-order chi connectivity index (χ0) is 9.84. The van der Waals surface area contributed by atoms with E-state index >= 15 is 0 Å². The number of nitrogens with zero attached hydrogens (tertiary/aromatic N) is 1. The average molecular weight is 218 g/mol. The van der Waals surface area contributed by atoms with Crippen LogP contribution >= 0.6 is 23.4 Å². The molecule has 0 aromatic carbocycles. The Morgan fingerprint density at radius 1 is 1.69 bits per heavy atom. The van der Waals surface area contributed by atoms with E-state index in [2.05, 4.69) is 4.98 Å². The monoisotopic (exact) mass is 217 g/mol. The maximum absolute atomic E-state index is 10.5. The summed E-state index contributed by atoms with van der Waals surface area (Å²) in [5, 5.41) is 1.05. The lowest BCUT2D eigenvalue weighted by molar-refractivity contribution is -0.115. The summed E-state index contributed by atoms with van der Waals surface area (Å²) in [6.45, 7) is 0. The molecule has 1 aromatic rings. The lowest BCUT2D eigenvalue weighted by Crippen LogP contribution is -2.13. The van der Waals surface area contributed by atoms with Crippen molar-refractivity contribution in [3.05, 3.63) is 17.3 Å². The first-order valence-electron chi connectivity index (χ1n) is 3.41. The molecule has 0 saturated heterocycles. The number of hydrogen-bond acceptors (Lipinski definition) is 4. The van der Waals surface area contributed by atoms with Crippen molar-refractivity contribution >= 4 is 35.0 Å². The summed E-state index contributed by atoms with van der Waals surface area (Å²) < 4.78 is 0. The number of hydrogen-bond donors (Lipinski definition) is 2. The van der Waals surface area contributed by atoms with Crippen LogP contribution in [0.3, 0.4) is 0 Å². The number of anilines is 1. The van der Waals surface area contributed by atoms with E-state index in [-0.39, 0.29) is 5.75 Å². The molecule has 1 amide bonds. The van der Waals surface area contributed by atoms with E-state index < -0.39 is 5.91 Å². The molecule has 0 aliphatic heterocycles. The molecule has 0 unspecified atom stereocenters. The van der Waals surface area contributed by atoms with Crippen molar-refractivity contribution in [2.45, 2.75) is 5.03 Å². The molecule has 13 heavy (non-hydrogen) atoms. The molecule has 0 radical (unpaired) electrons. The average Bonchev–Trinajstić information content (AvgIpc) is 2.02. The zero-order valence-electron chi connectivity index (χ0n) is 6.66. The minimum Gasteiger partial charge on any atom is -0.396 e.